The van der Waals surface area contributed by atoms with Gasteiger partial charge in [0.25, 0.3) is 0 Å². The summed E-state index contributed by atoms with van der Waals surface area (Å²) in [6.45, 7) is 4.46. The van der Waals surface area contributed by atoms with Gasteiger partial charge in [-0.2, -0.15) is 0 Å². The zero-order valence-electron chi connectivity index (χ0n) is 10.6. The lowest BCUT2D eigenvalue weighted by Gasteiger charge is -2.34. The SMILES string of the molecule is CCN(CC)C1(O)OC(=O)c2c(Cl)c(Cl)c(Cl)c(Cl)c21. The van der Waals surface area contributed by atoms with E-state index in [4.69, 9.17) is 51.1 Å². The summed E-state index contributed by atoms with van der Waals surface area (Å²) < 4.78 is 5.09. The molecule has 110 valence electrons. The predicted molar refractivity (Wildman–Crippen MR) is 78.7 cm³/mol. The third-order valence-corrected chi connectivity index (χ3v) is 5.03. The van der Waals surface area contributed by atoms with Crippen LogP contribution in [0.15, 0.2) is 0 Å². The van der Waals surface area contributed by atoms with Crippen LogP contribution in [-0.2, 0) is 10.6 Å². The number of halogens is 4. The Kier molecular flexibility index (Phi) is 4.46. The predicted octanol–water partition coefficient (Wildman–Crippen LogP) is 3.92. The maximum atomic E-state index is 12.0. The van der Waals surface area contributed by atoms with Crippen molar-refractivity contribution >= 4 is 52.4 Å². The van der Waals surface area contributed by atoms with Crippen molar-refractivity contribution in [3.8, 4) is 0 Å². The highest BCUT2D eigenvalue weighted by Gasteiger charge is 2.52. The molecule has 0 saturated carbocycles. The molecule has 0 bridgehead atoms. The molecule has 1 unspecified atom stereocenters. The molecule has 0 fully saturated rings. The fourth-order valence-corrected chi connectivity index (χ4v) is 3.29. The Balaban J connectivity index is 2.79. The van der Waals surface area contributed by atoms with Crippen LogP contribution in [0, 0.1) is 0 Å². The van der Waals surface area contributed by atoms with E-state index in [-0.39, 0.29) is 31.2 Å². The summed E-state index contributed by atoms with van der Waals surface area (Å²) in [5.74, 6) is -2.79. The molecule has 2 rings (SSSR count). The van der Waals surface area contributed by atoms with Gasteiger partial charge in [-0.15, -0.1) is 0 Å². The summed E-state index contributed by atoms with van der Waals surface area (Å²) in [4.78, 5) is 13.5. The number of cyclic esters (lactones) is 1. The Morgan fingerprint density at radius 1 is 1.05 bits per heavy atom. The van der Waals surface area contributed by atoms with Crippen molar-refractivity contribution in [3.05, 3.63) is 31.2 Å². The lowest BCUT2D eigenvalue weighted by Crippen LogP contribution is -2.46. The van der Waals surface area contributed by atoms with E-state index in [0.29, 0.717) is 13.1 Å². The highest BCUT2D eigenvalue weighted by atomic mass is 35.5. The molecule has 20 heavy (non-hydrogen) atoms. The monoisotopic (exact) mass is 357 g/mol. The summed E-state index contributed by atoms with van der Waals surface area (Å²) in [6.07, 6.45) is 0. The number of hydrogen-bond acceptors (Lipinski definition) is 4. The van der Waals surface area contributed by atoms with E-state index >= 15 is 0 Å². The van der Waals surface area contributed by atoms with E-state index in [1.807, 2.05) is 0 Å². The van der Waals surface area contributed by atoms with E-state index in [9.17, 15) is 9.90 Å². The van der Waals surface area contributed by atoms with Crippen LogP contribution in [0.1, 0.15) is 29.8 Å². The normalized spacial score (nSPS) is 21.3. The Morgan fingerprint density at radius 3 is 2.05 bits per heavy atom. The van der Waals surface area contributed by atoms with Crippen LogP contribution in [0.5, 0.6) is 0 Å². The second-order valence-corrected chi connectivity index (χ2v) is 5.69. The molecule has 1 N–H and O–H groups in total. The molecule has 0 amide bonds. The zero-order valence-corrected chi connectivity index (χ0v) is 13.7. The van der Waals surface area contributed by atoms with Gasteiger partial charge in [-0.3, -0.25) is 0 Å². The van der Waals surface area contributed by atoms with Crippen LogP contribution in [-0.4, -0.2) is 29.1 Å². The highest BCUT2D eigenvalue weighted by Crippen LogP contribution is 2.50. The summed E-state index contributed by atoms with van der Waals surface area (Å²) in [5.41, 5.74) is -0.0206. The molecule has 0 radical (unpaired) electrons. The molecular formula is C12H11Cl4NO3. The summed E-state index contributed by atoms with van der Waals surface area (Å²) in [6, 6.07) is 0. The van der Waals surface area contributed by atoms with Gasteiger partial charge in [0.2, 0.25) is 0 Å². The largest absolute Gasteiger partial charge is 0.411 e. The second kappa shape index (κ2) is 5.52. The van der Waals surface area contributed by atoms with Gasteiger partial charge >= 0.3 is 11.9 Å². The van der Waals surface area contributed by atoms with Gasteiger partial charge in [-0.05, 0) is 0 Å². The van der Waals surface area contributed by atoms with Gasteiger partial charge in [-0.25, -0.2) is 9.69 Å². The van der Waals surface area contributed by atoms with Crippen LogP contribution in [0.2, 0.25) is 20.1 Å². The van der Waals surface area contributed by atoms with E-state index in [0.717, 1.165) is 0 Å². The van der Waals surface area contributed by atoms with Crippen molar-refractivity contribution in [2.75, 3.05) is 13.1 Å². The summed E-state index contributed by atoms with van der Waals surface area (Å²) in [7, 11) is 0. The average Bonchev–Trinajstić information content (AvgIpc) is 2.67. The van der Waals surface area contributed by atoms with Crippen molar-refractivity contribution in [2.45, 2.75) is 19.8 Å². The van der Waals surface area contributed by atoms with E-state index < -0.39 is 11.9 Å². The molecule has 0 spiro atoms. The maximum Gasteiger partial charge on any atom is 0.344 e. The standard InChI is InChI=1S/C12H11Cl4NO3/c1-3-17(4-2)12(19)6-5(11(18)20-12)7(13)9(15)10(16)8(6)14/h19H,3-4H2,1-2H3. The minimum absolute atomic E-state index is 0.0269. The molecule has 1 aromatic carbocycles. The number of hydrogen-bond donors (Lipinski definition) is 1. The fourth-order valence-electron chi connectivity index (χ4n) is 2.24. The molecule has 0 aromatic heterocycles. The van der Waals surface area contributed by atoms with Gasteiger partial charge in [-0.1, -0.05) is 60.3 Å². The minimum Gasteiger partial charge on any atom is -0.411 e. The van der Waals surface area contributed by atoms with Crippen LogP contribution < -0.4 is 0 Å². The van der Waals surface area contributed by atoms with Crippen LogP contribution in [0.25, 0.3) is 0 Å². The first-order chi connectivity index (χ1) is 9.29. The summed E-state index contributed by atoms with van der Waals surface area (Å²) >= 11 is 24.1. The number of carbonyl (C=O) groups is 1. The Hall–Kier alpha value is -0.230. The van der Waals surface area contributed by atoms with Crippen LogP contribution in [0.4, 0.5) is 0 Å². The molecule has 0 aliphatic carbocycles. The van der Waals surface area contributed by atoms with Gasteiger partial charge < -0.3 is 9.84 Å². The van der Waals surface area contributed by atoms with Crippen molar-refractivity contribution in [3.63, 3.8) is 0 Å². The number of ether oxygens (including phenoxy) is 1. The second-order valence-electron chi connectivity index (χ2n) is 4.18. The molecule has 8 heteroatoms. The quantitative estimate of drug-likeness (QED) is 0.385. The first-order valence-corrected chi connectivity index (χ1v) is 7.37. The number of nitrogens with zero attached hydrogens (tertiary/aromatic N) is 1. The van der Waals surface area contributed by atoms with Gasteiger partial charge in [0.1, 0.15) is 0 Å². The minimum atomic E-state index is -2.00. The van der Waals surface area contributed by atoms with Crippen molar-refractivity contribution < 1.29 is 14.6 Å². The molecule has 0 saturated heterocycles. The van der Waals surface area contributed by atoms with Crippen molar-refractivity contribution in [1.82, 2.24) is 4.90 Å². The smallest absolute Gasteiger partial charge is 0.344 e. The lowest BCUT2D eigenvalue weighted by atomic mass is 10.1. The Bertz CT molecular complexity index is 589. The number of fused-ring (bicyclic) bond motifs is 1. The van der Waals surface area contributed by atoms with Crippen molar-refractivity contribution in [2.24, 2.45) is 0 Å². The maximum absolute atomic E-state index is 12.0. The van der Waals surface area contributed by atoms with Crippen LogP contribution >= 0.6 is 46.4 Å². The zero-order chi connectivity index (χ0) is 15.2. The van der Waals surface area contributed by atoms with Gasteiger partial charge in [0.15, 0.2) is 0 Å². The topological polar surface area (TPSA) is 49.8 Å². The molecule has 1 aliphatic heterocycles. The number of esters is 1. The number of rotatable bonds is 3. The molecule has 1 atom stereocenters. The number of aliphatic hydroxyl groups is 1. The third kappa shape index (κ3) is 2.10. The Morgan fingerprint density at radius 2 is 1.55 bits per heavy atom. The van der Waals surface area contributed by atoms with Crippen molar-refractivity contribution in [1.29, 1.82) is 0 Å². The van der Waals surface area contributed by atoms with Crippen LogP contribution in [0.3, 0.4) is 0 Å². The first kappa shape index (κ1) is 16.1. The third-order valence-electron chi connectivity index (χ3n) is 3.22. The molecular weight excluding hydrogens is 348 g/mol. The Labute approximate surface area is 136 Å². The number of carbonyl (C=O) groups excluding carboxylic acids is 1. The summed E-state index contributed by atoms with van der Waals surface area (Å²) in [5, 5.41) is 10.5. The van der Waals surface area contributed by atoms with E-state index in [2.05, 4.69) is 0 Å². The molecule has 4 nitrogen and oxygen atoms in total. The van der Waals surface area contributed by atoms with E-state index in [1.165, 1.54) is 4.90 Å². The molecule has 1 heterocycles. The van der Waals surface area contributed by atoms with Gasteiger partial charge in [0, 0.05) is 13.1 Å². The molecule has 1 aromatic rings. The average molecular weight is 359 g/mol. The molecule has 1 aliphatic rings. The van der Waals surface area contributed by atoms with Gasteiger partial charge in [0.05, 0.1) is 31.2 Å². The van der Waals surface area contributed by atoms with E-state index in [1.54, 1.807) is 13.8 Å². The first-order valence-electron chi connectivity index (χ1n) is 5.86. The highest BCUT2D eigenvalue weighted by molar-refractivity contribution is 6.53. The lowest BCUT2D eigenvalue weighted by molar-refractivity contribution is -0.262. The number of benzene rings is 1. The fraction of sp³-hybridized carbons (Fsp3) is 0.417.